The highest BCUT2D eigenvalue weighted by Gasteiger charge is 2.29. The molecule has 136 valence electrons. The fraction of sp³-hybridized carbons (Fsp3) is 0.529. The summed E-state index contributed by atoms with van der Waals surface area (Å²) < 4.78 is 34.3. The monoisotopic (exact) mass is 382 g/mol. The van der Waals surface area contributed by atoms with Crippen molar-refractivity contribution in [1.82, 2.24) is 10.2 Å². The van der Waals surface area contributed by atoms with Gasteiger partial charge in [-0.1, -0.05) is 17.8 Å². The van der Waals surface area contributed by atoms with Crippen LogP contribution in [0.5, 0.6) is 5.75 Å². The van der Waals surface area contributed by atoms with Crippen molar-refractivity contribution in [3.05, 3.63) is 35.2 Å². The minimum absolute atomic E-state index is 0.0937. The number of hydrogen-bond donors (Lipinski definition) is 0. The van der Waals surface area contributed by atoms with E-state index in [-0.39, 0.29) is 17.4 Å². The lowest BCUT2D eigenvalue weighted by Crippen LogP contribution is -2.07. The van der Waals surface area contributed by atoms with Gasteiger partial charge in [-0.2, -0.15) is 0 Å². The molecule has 25 heavy (non-hydrogen) atoms. The van der Waals surface area contributed by atoms with Gasteiger partial charge in [-0.05, 0) is 49.4 Å². The van der Waals surface area contributed by atoms with Crippen LogP contribution in [0.3, 0.4) is 0 Å². The summed E-state index contributed by atoms with van der Waals surface area (Å²) >= 11 is 1.44. The van der Waals surface area contributed by atoms with Crippen LogP contribution in [-0.2, 0) is 16.3 Å². The molecule has 1 aliphatic heterocycles. The van der Waals surface area contributed by atoms with Gasteiger partial charge in [0.25, 0.3) is 5.22 Å². The Bertz CT molecular complexity index is 813. The van der Waals surface area contributed by atoms with Gasteiger partial charge in [0.15, 0.2) is 9.84 Å². The van der Waals surface area contributed by atoms with E-state index in [4.69, 9.17) is 9.15 Å². The summed E-state index contributed by atoms with van der Waals surface area (Å²) in [5.41, 5.74) is 2.36. The molecule has 1 aliphatic rings. The first-order chi connectivity index (χ1) is 11.9. The van der Waals surface area contributed by atoms with E-state index in [1.807, 2.05) is 26.0 Å². The molecule has 0 amide bonds. The molecule has 0 radical (unpaired) electrons. The van der Waals surface area contributed by atoms with Gasteiger partial charge in [-0.15, -0.1) is 10.2 Å². The molecule has 1 aromatic heterocycles. The fourth-order valence-corrected chi connectivity index (χ4v) is 5.42. The molecule has 0 bridgehead atoms. The lowest BCUT2D eigenvalue weighted by Gasteiger charge is -2.07. The van der Waals surface area contributed by atoms with Gasteiger partial charge in [0.05, 0.1) is 18.1 Å². The molecule has 0 aliphatic carbocycles. The number of aryl methyl sites for hydroxylation is 2. The lowest BCUT2D eigenvalue weighted by molar-refractivity contribution is 0.342. The highest BCUT2D eigenvalue weighted by molar-refractivity contribution is 7.99. The lowest BCUT2D eigenvalue weighted by atomic mass is 10.1. The van der Waals surface area contributed by atoms with Crippen LogP contribution in [-0.4, -0.2) is 42.5 Å². The molecule has 6 nitrogen and oxygen atoms in total. The van der Waals surface area contributed by atoms with Crippen LogP contribution in [0.2, 0.25) is 0 Å². The number of ether oxygens (including phenoxy) is 1. The Labute approximate surface area is 152 Å². The molecule has 8 heteroatoms. The van der Waals surface area contributed by atoms with Crippen molar-refractivity contribution >= 4 is 21.6 Å². The van der Waals surface area contributed by atoms with Crippen LogP contribution >= 0.6 is 11.8 Å². The standard InChI is InChI=1S/C17H22N2O4S2/c1-12-7-13(2)9-15(8-12)22-4-5-24-17-19-18-16(23-17)10-14-3-6-25(20,21)11-14/h7-9,14H,3-6,10-11H2,1-2H3. The molecule has 0 N–H and O–H groups in total. The maximum Gasteiger partial charge on any atom is 0.276 e. The van der Waals surface area contributed by atoms with Crippen molar-refractivity contribution in [2.75, 3.05) is 23.9 Å². The van der Waals surface area contributed by atoms with Crippen LogP contribution < -0.4 is 4.74 Å². The Morgan fingerprint density at radius 2 is 2.00 bits per heavy atom. The number of rotatable bonds is 7. The average molecular weight is 383 g/mol. The zero-order valence-electron chi connectivity index (χ0n) is 14.4. The highest BCUT2D eigenvalue weighted by Crippen LogP contribution is 2.24. The maximum atomic E-state index is 11.5. The van der Waals surface area contributed by atoms with Crippen molar-refractivity contribution in [1.29, 1.82) is 0 Å². The van der Waals surface area contributed by atoms with E-state index in [2.05, 4.69) is 16.3 Å². The Morgan fingerprint density at radius 3 is 2.68 bits per heavy atom. The quantitative estimate of drug-likeness (QED) is 0.538. The number of thioether (sulfide) groups is 1. The molecule has 0 spiro atoms. The van der Waals surface area contributed by atoms with Crippen molar-refractivity contribution in [3.63, 3.8) is 0 Å². The second-order valence-electron chi connectivity index (χ2n) is 6.46. The van der Waals surface area contributed by atoms with Gasteiger partial charge in [0, 0.05) is 12.2 Å². The fourth-order valence-electron chi connectivity index (χ4n) is 2.96. The predicted molar refractivity (Wildman–Crippen MR) is 96.9 cm³/mol. The summed E-state index contributed by atoms with van der Waals surface area (Å²) in [5, 5.41) is 8.52. The summed E-state index contributed by atoms with van der Waals surface area (Å²) in [6.07, 6.45) is 1.21. The van der Waals surface area contributed by atoms with E-state index in [1.54, 1.807) is 0 Å². The van der Waals surface area contributed by atoms with Crippen molar-refractivity contribution < 1.29 is 17.6 Å². The molecule has 1 atom stereocenters. The van der Waals surface area contributed by atoms with Gasteiger partial charge in [-0.25, -0.2) is 8.42 Å². The van der Waals surface area contributed by atoms with E-state index in [1.165, 1.54) is 22.9 Å². The first-order valence-corrected chi connectivity index (χ1v) is 11.1. The molecule has 0 saturated carbocycles. The summed E-state index contributed by atoms with van der Waals surface area (Å²) in [7, 11) is -2.87. The summed E-state index contributed by atoms with van der Waals surface area (Å²) in [4.78, 5) is 0. The van der Waals surface area contributed by atoms with E-state index in [0.29, 0.717) is 36.3 Å². The van der Waals surface area contributed by atoms with Crippen LogP contribution in [0, 0.1) is 19.8 Å². The van der Waals surface area contributed by atoms with Crippen LogP contribution in [0.4, 0.5) is 0 Å². The van der Waals surface area contributed by atoms with Crippen LogP contribution in [0.15, 0.2) is 27.8 Å². The van der Waals surface area contributed by atoms with E-state index < -0.39 is 9.84 Å². The van der Waals surface area contributed by atoms with E-state index >= 15 is 0 Å². The molecule has 1 fully saturated rings. The SMILES string of the molecule is Cc1cc(C)cc(OCCSc2nnc(CC3CCS(=O)(=O)C3)o2)c1. The minimum Gasteiger partial charge on any atom is -0.493 e. The maximum absolute atomic E-state index is 11.5. The second-order valence-corrected chi connectivity index (χ2v) is 9.73. The van der Waals surface area contributed by atoms with E-state index in [0.717, 1.165) is 5.75 Å². The van der Waals surface area contributed by atoms with Gasteiger partial charge >= 0.3 is 0 Å². The van der Waals surface area contributed by atoms with Crippen LogP contribution in [0.25, 0.3) is 0 Å². The molecular formula is C17H22N2O4S2. The Morgan fingerprint density at radius 1 is 1.24 bits per heavy atom. The first-order valence-electron chi connectivity index (χ1n) is 8.26. The second kappa shape index (κ2) is 7.78. The normalized spacial score (nSPS) is 19.2. The smallest absolute Gasteiger partial charge is 0.276 e. The molecule has 2 aromatic rings. The molecule has 1 saturated heterocycles. The summed E-state index contributed by atoms with van der Waals surface area (Å²) in [5.74, 6) is 2.67. The number of hydrogen-bond acceptors (Lipinski definition) is 7. The van der Waals surface area contributed by atoms with E-state index in [9.17, 15) is 8.42 Å². The van der Waals surface area contributed by atoms with Gasteiger partial charge in [-0.3, -0.25) is 0 Å². The third kappa shape index (κ3) is 5.47. The molecule has 1 unspecified atom stereocenters. The van der Waals surface area contributed by atoms with Gasteiger partial charge in [0.2, 0.25) is 5.89 Å². The summed E-state index contributed by atoms with van der Waals surface area (Å²) in [6.45, 7) is 4.64. The van der Waals surface area contributed by atoms with Gasteiger partial charge in [0.1, 0.15) is 5.75 Å². The Hall–Kier alpha value is -1.54. The third-order valence-electron chi connectivity index (χ3n) is 4.01. The van der Waals surface area contributed by atoms with Crippen LogP contribution in [0.1, 0.15) is 23.4 Å². The Balaban J connectivity index is 1.43. The number of sulfone groups is 1. The zero-order valence-corrected chi connectivity index (χ0v) is 16.0. The number of aromatic nitrogens is 2. The molecule has 3 rings (SSSR count). The first kappa shape index (κ1) is 18.3. The molecule has 2 heterocycles. The van der Waals surface area contributed by atoms with Crippen molar-refractivity contribution in [2.45, 2.75) is 31.9 Å². The highest BCUT2D eigenvalue weighted by atomic mass is 32.2. The minimum atomic E-state index is -2.87. The summed E-state index contributed by atoms with van der Waals surface area (Å²) in [6, 6.07) is 6.13. The average Bonchev–Trinajstić information content (AvgIpc) is 3.09. The molecule has 1 aromatic carbocycles. The predicted octanol–water partition coefficient (Wildman–Crippen LogP) is 2.83. The van der Waals surface area contributed by atoms with Crippen molar-refractivity contribution in [2.24, 2.45) is 5.92 Å². The van der Waals surface area contributed by atoms with Gasteiger partial charge < -0.3 is 9.15 Å². The van der Waals surface area contributed by atoms with Crippen molar-refractivity contribution in [3.8, 4) is 5.75 Å². The largest absolute Gasteiger partial charge is 0.493 e. The topological polar surface area (TPSA) is 82.3 Å². The number of benzene rings is 1. The molecular weight excluding hydrogens is 360 g/mol. The third-order valence-corrected chi connectivity index (χ3v) is 6.63. The Kier molecular flexibility index (Phi) is 5.68. The zero-order chi connectivity index (χ0) is 17.9. The number of nitrogens with zero attached hydrogens (tertiary/aromatic N) is 2.